The molecule has 2 rings (SSSR count). The average Bonchev–Trinajstić information content (AvgIpc) is 2.59. The number of carbonyl (C=O) groups is 1. The highest BCUT2D eigenvalue weighted by Gasteiger charge is 2.07. The molecule has 0 radical (unpaired) electrons. The number of H-pyrrole nitrogens is 1. The average molecular weight is 219 g/mol. The zero-order valence-electron chi connectivity index (χ0n) is 8.62. The number of halogens is 1. The highest BCUT2D eigenvalue weighted by atomic mass is 19.1. The first-order valence-corrected chi connectivity index (χ1v) is 4.76. The van der Waals surface area contributed by atoms with Gasteiger partial charge in [0.15, 0.2) is 0 Å². The summed E-state index contributed by atoms with van der Waals surface area (Å²) in [7, 11) is 0. The van der Waals surface area contributed by atoms with Gasteiger partial charge >= 0.3 is 5.97 Å². The number of allylic oxidation sites excluding steroid dienone is 1. The van der Waals surface area contributed by atoms with Gasteiger partial charge in [0.05, 0.1) is 0 Å². The number of carboxylic acid groups (broad SMARTS) is 1. The number of aromatic amines is 1. The standard InChI is InChI=1S/C12H10FNO2/c1-7(4-12(15)16)10-6-14-11-3-2-8(13)5-9(10)11/h2-6,14H,1H3,(H,15,16)/b7-4+. The summed E-state index contributed by atoms with van der Waals surface area (Å²) in [5.74, 6) is -1.35. The van der Waals surface area contributed by atoms with Crippen LogP contribution < -0.4 is 0 Å². The summed E-state index contributed by atoms with van der Waals surface area (Å²) in [5, 5.41) is 9.34. The lowest BCUT2D eigenvalue weighted by Crippen LogP contribution is -1.89. The number of nitrogens with one attached hydrogen (secondary N) is 1. The second-order valence-electron chi connectivity index (χ2n) is 3.56. The molecule has 0 spiro atoms. The molecule has 0 atom stereocenters. The van der Waals surface area contributed by atoms with Crippen LogP contribution in [-0.2, 0) is 4.79 Å². The maximum Gasteiger partial charge on any atom is 0.328 e. The predicted molar refractivity (Wildman–Crippen MR) is 59.5 cm³/mol. The Kier molecular flexibility index (Phi) is 2.48. The summed E-state index contributed by atoms with van der Waals surface area (Å²) in [5.41, 5.74) is 2.08. The van der Waals surface area contributed by atoms with E-state index in [9.17, 15) is 9.18 Å². The highest BCUT2D eigenvalue weighted by Crippen LogP contribution is 2.25. The van der Waals surface area contributed by atoms with E-state index in [0.29, 0.717) is 16.5 Å². The first-order valence-electron chi connectivity index (χ1n) is 4.76. The molecule has 0 fully saturated rings. The molecule has 1 heterocycles. The van der Waals surface area contributed by atoms with Crippen LogP contribution in [0.5, 0.6) is 0 Å². The number of fused-ring (bicyclic) bond motifs is 1. The number of benzene rings is 1. The maximum absolute atomic E-state index is 13.1. The molecule has 1 aromatic heterocycles. The number of carboxylic acids is 1. The number of aliphatic carboxylic acids is 1. The van der Waals surface area contributed by atoms with Gasteiger partial charge in [0.1, 0.15) is 5.82 Å². The van der Waals surface area contributed by atoms with Gasteiger partial charge < -0.3 is 10.1 Å². The molecule has 0 unspecified atom stereocenters. The van der Waals surface area contributed by atoms with E-state index < -0.39 is 5.97 Å². The molecule has 82 valence electrons. The number of rotatable bonds is 2. The van der Waals surface area contributed by atoms with Crippen molar-refractivity contribution in [2.75, 3.05) is 0 Å². The Labute approximate surface area is 91.2 Å². The lowest BCUT2D eigenvalue weighted by Gasteiger charge is -1.98. The second kappa shape index (κ2) is 3.81. The molecule has 1 aromatic carbocycles. The largest absolute Gasteiger partial charge is 0.478 e. The van der Waals surface area contributed by atoms with Crippen LogP contribution in [0.15, 0.2) is 30.5 Å². The van der Waals surface area contributed by atoms with Crippen LogP contribution in [0.2, 0.25) is 0 Å². The van der Waals surface area contributed by atoms with Crippen molar-refractivity contribution in [3.63, 3.8) is 0 Å². The van der Waals surface area contributed by atoms with Crippen LogP contribution >= 0.6 is 0 Å². The van der Waals surface area contributed by atoms with E-state index in [-0.39, 0.29) is 5.82 Å². The molecule has 3 nitrogen and oxygen atoms in total. The Hall–Kier alpha value is -2.10. The van der Waals surface area contributed by atoms with Crippen molar-refractivity contribution < 1.29 is 14.3 Å². The van der Waals surface area contributed by atoms with Gasteiger partial charge in [-0.2, -0.15) is 0 Å². The van der Waals surface area contributed by atoms with E-state index in [0.717, 1.165) is 11.6 Å². The Morgan fingerprint density at radius 3 is 2.94 bits per heavy atom. The minimum absolute atomic E-state index is 0.337. The second-order valence-corrected chi connectivity index (χ2v) is 3.56. The molecular formula is C12H10FNO2. The third-order valence-corrected chi connectivity index (χ3v) is 2.41. The molecule has 2 N–H and O–H groups in total. The lowest BCUT2D eigenvalue weighted by molar-refractivity contribution is -0.131. The third kappa shape index (κ3) is 1.82. The number of hydrogen-bond donors (Lipinski definition) is 2. The maximum atomic E-state index is 13.1. The zero-order valence-corrected chi connectivity index (χ0v) is 8.62. The zero-order chi connectivity index (χ0) is 11.7. The molecule has 0 amide bonds. The van der Waals surface area contributed by atoms with Gasteiger partial charge in [-0.25, -0.2) is 9.18 Å². The van der Waals surface area contributed by atoms with Gasteiger partial charge in [0.2, 0.25) is 0 Å². The van der Waals surface area contributed by atoms with Crippen LogP contribution in [0.3, 0.4) is 0 Å². The summed E-state index contributed by atoms with van der Waals surface area (Å²) >= 11 is 0. The monoisotopic (exact) mass is 219 g/mol. The Balaban J connectivity index is 2.61. The van der Waals surface area contributed by atoms with Crippen LogP contribution in [-0.4, -0.2) is 16.1 Å². The molecule has 4 heteroatoms. The van der Waals surface area contributed by atoms with E-state index in [1.54, 1.807) is 19.2 Å². The molecule has 16 heavy (non-hydrogen) atoms. The predicted octanol–water partition coefficient (Wildman–Crippen LogP) is 2.79. The quantitative estimate of drug-likeness (QED) is 0.763. The molecule has 0 aliphatic rings. The van der Waals surface area contributed by atoms with Gasteiger partial charge in [-0.3, -0.25) is 0 Å². The van der Waals surface area contributed by atoms with E-state index in [4.69, 9.17) is 5.11 Å². The van der Waals surface area contributed by atoms with E-state index in [1.807, 2.05) is 0 Å². The van der Waals surface area contributed by atoms with Crippen molar-refractivity contribution >= 4 is 22.4 Å². The van der Waals surface area contributed by atoms with Crippen LogP contribution in [0.4, 0.5) is 4.39 Å². The fraction of sp³-hybridized carbons (Fsp3) is 0.0833. The van der Waals surface area contributed by atoms with E-state index in [2.05, 4.69) is 4.98 Å². The highest BCUT2D eigenvalue weighted by molar-refractivity contribution is 5.97. The minimum Gasteiger partial charge on any atom is -0.478 e. The first kappa shape index (κ1) is 10.4. The SMILES string of the molecule is C/C(=C\C(=O)O)c1c[nH]c2ccc(F)cc12. The summed E-state index contributed by atoms with van der Waals surface area (Å²) in [6, 6.07) is 4.38. The van der Waals surface area contributed by atoms with Gasteiger partial charge in [-0.1, -0.05) is 0 Å². The number of aromatic nitrogens is 1. The number of hydrogen-bond acceptors (Lipinski definition) is 1. The minimum atomic E-state index is -1.01. The fourth-order valence-corrected chi connectivity index (χ4v) is 1.68. The Morgan fingerprint density at radius 2 is 2.25 bits per heavy atom. The summed E-state index contributed by atoms with van der Waals surface area (Å²) in [6.45, 7) is 1.68. The smallest absolute Gasteiger partial charge is 0.328 e. The van der Waals surface area contributed by atoms with Crippen molar-refractivity contribution in [1.82, 2.24) is 4.98 Å². The summed E-state index contributed by atoms with van der Waals surface area (Å²) in [4.78, 5) is 13.5. The normalized spacial score (nSPS) is 12.0. The lowest BCUT2D eigenvalue weighted by atomic mass is 10.1. The molecular weight excluding hydrogens is 209 g/mol. The molecule has 0 bridgehead atoms. The van der Waals surface area contributed by atoms with Gasteiger partial charge in [-0.15, -0.1) is 0 Å². The summed E-state index contributed by atoms with van der Waals surface area (Å²) in [6.07, 6.45) is 2.78. The van der Waals surface area contributed by atoms with Gasteiger partial charge in [0, 0.05) is 28.7 Å². The molecule has 0 saturated carbocycles. The Morgan fingerprint density at radius 1 is 1.50 bits per heavy atom. The first-order chi connectivity index (χ1) is 7.58. The van der Waals surface area contributed by atoms with Crippen molar-refractivity contribution in [2.24, 2.45) is 0 Å². The van der Waals surface area contributed by atoms with Gasteiger partial charge in [-0.05, 0) is 30.7 Å². The van der Waals surface area contributed by atoms with Crippen LogP contribution in [0, 0.1) is 5.82 Å². The third-order valence-electron chi connectivity index (χ3n) is 2.41. The molecule has 0 aliphatic carbocycles. The van der Waals surface area contributed by atoms with E-state index in [1.165, 1.54) is 12.1 Å². The van der Waals surface area contributed by atoms with Crippen molar-refractivity contribution in [3.05, 3.63) is 41.9 Å². The van der Waals surface area contributed by atoms with Crippen molar-refractivity contribution in [3.8, 4) is 0 Å². The summed E-state index contributed by atoms with van der Waals surface area (Å²) < 4.78 is 13.1. The molecule has 0 saturated heterocycles. The molecule has 0 aliphatic heterocycles. The van der Waals surface area contributed by atoms with Gasteiger partial charge in [0.25, 0.3) is 0 Å². The van der Waals surface area contributed by atoms with Crippen LogP contribution in [0.25, 0.3) is 16.5 Å². The fourth-order valence-electron chi connectivity index (χ4n) is 1.68. The van der Waals surface area contributed by atoms with E-state index >= 15 is 0 Å². The topological polar surface area (TPSA) is 53.1 Å². The molecule has 2 aromatic rings. The van der Waals surface area contributed by atoms with Crippen molar-refractivity contribution in [2.45, 2.75) is 6.92 Å². The van der Waals surface area contributed by atoms with Crippen LogP contribution in [0.1, 0.15) is 12.5 Å². The van der Waals surface area contributed by atoms with Crippen molar-refractivity contribution in [1.29, 1.82) is 0 Å². The Bertz CT molecular complexity index is 584.